The quantitative estimate of drug-likeness (QED) is 0.797. The van der Waals surface area contributed by atoms with Crippen LogP contribution in [0, 0.1) is 12.8 Å². The molecule has 0 aliphatic carbocycles. The number of hydrogen-bond acceptors (Lipinski definition) is 5. The third-order valence-electron chi connectivity index (χ3n) is 5.40. The Bertz CT molecular complexity index is 1000. The molecule has 2 aromatic rings. The van der Waals surface area contributed by atoms with Crippen LogP contribution in [0.1, 0.15) is 12.0 Å². The van der Waals surface area contributed by atoms with Crippen molar-refractivity contribution in [2.45, 2.75) is 13.3 Å². The second-order valence-electron chi connectivity index (χ2n) is 7.84. The van der Waals surface area contributed by atoms with Gasteiger partial charge in [0, 0.05) is 37.5 Å². The van der Waals surface area contributed by atoms with Crippen LogP contribution in [0.15, 0.2) is 42.5 Å². The summed E-state index contributed by atoms with van der Waals surface area (Å²) in [5, 5.41) is 2.78. The lowest BCUT2D eigenvalue weighted by molar-refractivity contribution is -0.137. The van der Waals surface area contributed by atoms with Crippen LogP contribution in [0.3, 0.4) is 0 Å². The molecule has 2 heterocycles. The summed E-state index contributed by atoms with van der Waals surface area (Å²) in [4.78, 5) is 40.7. The van der Waals surface area contributed by atoms with Crippen molar-refractivity contribution < 1.29 is 23.9 Å². The number of benzene rings is 2. The monoisotopic (exact) mass is 423 g/mol. The van der Waals surface area contributed by atoms with Crippen molar-refractivity contribution in [2.24, 2.45) is 5.92 Å². The van der Waals surface area contributed by atoms with E-state index in [2.05, 4.69) is 5.32 Å². The Kier molecular flexibility index (Phi) is 5.79. The SMILES string of the molecule is Cc1ccc(NC(=O)CN(C)C(=O)[C@H]2CC(=O)N(c3ccc4c(c3)OCCO4)C2)cc1. The minimum atomic E-state index is -0.502. The number of likely N-dealkylation sites (N-methyl/N-ethyl adjacent to an activating group) is 1. The Morgan fingerprint density at radius 3 is 2.55 bits per heavy atom. The molecule has 0 unspecified atom stereocenters. The third kappa shape index (κ3) is 4.63. The lowest BCUT2D eigenvalue weighted by Gasteiger charge is -2.23. The van der Waals surface area contributed by atoms with E-state index in [1.807, 2.05) is 31.2 Å². The van der Waals surface area contributed by atoms with E-state index in [0.717, 1.165) is 5.56 Å². The fraction of sp³-hybridized carbons (Fsp3) is 0.348. The van der Waals surface area contributed by atoms with E-state index >= 15 is 0 Å². The van der Waals surface area contributed by atoms with Crippen molar-refractivity contribution in [1.29, 1.82) is 0 Å². The molecule has 2 aliphatic heterocycles. The zero-order valence-electron chi connectivity index (χ0n) is 17.6. The molecule has 0 aromatic heterocycles. The predicted octanol–water partition coefficient (Wildman–Crippen LogP) is 2.22. The number of fused-ring (bicyclic) bond motifs is 1. The first-order valence-electron chi connectivity index (χ1n) is 10.2. The summed E-state index contributed by atoms with van der Waals surface area (Å²) in [7, 11) is 1.58. The summed E-state index contributed by atoms with van der Waals surface area (Å²) in [6.45, 7) is 3.11. The van der Waals surface area contributed by atoms with E-state index in [-0.39, 0.29) is 37.2 Å². The number of aryl methyl sites for hydroxylation is 1. The molecule has 0 saturated carbocycles. The van der Waals surface area contributed by atoms with Gasteiger partial charge in [-0.1, -0.05) is 17.7 Å². The van der Waals surface area contributed by atoms with E-state index < -0.39 is 5.92 Å². The number of carbonyl (C=O) groups is 3. The maximum atomic E-state index is 12.9. The molecule has 8 nitrogen and oxygen atoms in total. The first kappa shape index (κ1) is 20.7. The highest BCUT2D eigenvalue weighted by Gasteiger charge is 2.37. The van der Waals surface area contributed by atoms with E-state index in [1.54, 1.807) is 30.1 Å². The maximum Gasteiger partial charge on any atom is 0.243 e. The van der Waals surface area contributed by atoms with E-state index in [9.17, 15) is 14.4 Å². The number of nitrogens with zero attached hydrogens (tertiary/aromatic N) is 2. The maximum absolute atomic E-state index is 12.9. The summed E-state index contributed by atoms with van der Waals surface area (Å²) >= 11 is 0. The predicted molar refractivity (Wildman–Crippen MR) is 115 cm³/mol. The van der Waals surface area contributed by atoms with Crippen LogP contribution in [-0.4, -0.2) is 56.0 Å². The lowest BCUT2D eigenvalue weighted by atomic mass is 10.1. The van der Waals surface area contributed by atoms with Crippen LogP contribution < -0.4 is 19.7 Å². The van der Waals surface area contributed by atoms with Crippen molar-refractivity contribution >= 4 is 29.1 Å². The summed E-state index contributed by atoms with van der Waals surface area (Å²) in [5.74, 6) is 0.0930. The van der Waals surface area contributed by atoms with Crippen LogP contribution in [0.2, 0.25) is 0 Å². The molecule has 2 aromatic carbocycles. The molecule has 31 heavy (non-hydrogen) atoms. The van der Waals surface area contributed by atoms with Crippen LogP contribution in [-0.2, 0) is 14.4 Å². The van der Waals surface area contributed by atoms with Gasteiger partial charge in [0.2, 0.25) is 17.7 Å². The zero-order valence-corrected chi connectivity index (χ0v) is 17.6. The number of amides is 3. The number of anilines is 2. The molecule has 0 bridgehead atoms. The molecule has 2 aliphatic rings. The molecule has 1 fully saturated rings. The van der Waals surface area contributed by atoms with Gasteiger partial charge in [-0.15, -0.1) is 0 Å². The lowest BCUT2D eigenvalue weighted by Crippen LogP contribution is -2.39. The van der Waals surface area contributed by atoms with Gasteiger partial charge in [0.05, 0.1) is 12.5 Å². The first-order chi connectivity index (χ1) is 14.9. The average Bonchev–Trinajstić information content (AvgIpc) is 3.16. The largest absolute Gasteiger partial charge is 0.486 e. The fourth-order valence-corrected chi connectivity index (χ4v) is 3.76. The summed E-state index contributed by atoms with van der Waals surface area (Å²) in [6, 6.07) is 12.8. The van der Waals surface area contributed by atoms with Crippen molar-refractivity contribution in [3.8, 4) is 11.5 Å². The minimum Gasteiger partial charge on any atom is -0.486 e. The first-order valence-corrected chi connectivity index (χ1v) is 10.2. The smallest absolute Gasteiger partial charge is 0.243 e. The molecule has 1 atom stereocenters. The molecule has 4 rings (SSSR count). The molecule has 1 saturated heterocycles. The van der Waals surface area contributed by atoms with Crippen molar-refractivity contribution in [3.05, 3.63) is 48.0 Å². The van der Waals surface area contributed by atoms with Gasteiger partial charge in [-0.3, -0.25) is 14.4 Å². The second kappa shape index (κ2) is 8.67. The van der Waals surface area contributed by atoms with Gasteiger partial charge < -0.3 is 24.6 Å². The molecule has 0 spiro atoms. The van der Waals surface area contributed by atoms with Crippen LogP contribution in [0.25, 0.3) is 0 Å². The normalized spacial score (nSPS) is 17.4. The number of carbonyl (C=O) groups excluding carboxylic acids is 3. The van der Waals surface area contributed by atoms with Crippen molar-refractivity contribution in [2.75, 3.05) is 43.6 Å². The summed E-state index contributed by atoms with van der Waals surface area (Å²) in [6.07, 6.45) is 0.108. The second-order valence-corrected chi connectivity index (χ2v) is 7.84. The minimum absolute atomic E-state index is 0.0819. The van der Waals surface area contributed by atoms with Gasteiger partial charge in [-0.25, -0.2) is 0 Å². The van der Waals surface area contributed by atoms with Crippen LogP contribution in [0.5, 0.6) is 11.5 Å². The van der Waals surface area contributed by atoms with Gasteiger partial charge in [0.1, 0.15) is 13.2 Å². The van der Waals surface area contributed by atoms with E-state index in [1.165, 1.54) is 4.90 Å². The Balaban J connectivity index is 1.36. The molecule has 3 amide bonds. The molecule has 162 valence electrons. The van der Waals surface area contributed by atoms with Crippen molar-refractivity contribution in [1.82, 2.24) is 4.90 Å². The topological polar surface area (TPSA) is 88.2 Å². The van der Waals surface area contributed by atoms with Gasteiger partial charge in [-0.05, 0) is 31.2 Å². The average molecular weight is 423 g/mol. The van der Waals surface area contributed by atoms with Gasteiger partial charge in [0.15, 0.2) is 11.5 Å². The van der Waals surface area contributed by atoms with Crippen LogP contribution >= 0.6 is 0 Å². The van der Waals surface area contributed by atoms with Gasteiger partial charge >= 0.3 is 0 Å². The van der Waals surface area contributed by atoms with E-state index in [4.69, 9.17) is 9.47 Å². The number of nitrogens with one attached hydrogen (secondary N) is 1. The molecule has 1 N–H and O–H groups in total. The highest BCUT2D eigenvalue weighted by Crippen LogP contribution is 2.36. The fourth-order valence-electron chi connectivity index (χ4n) is 3.76. The Hall–Kier alpha value is -3.55. The number of hydrogen-bond donors (Lipinski definition) is 1. The third-order valence-corrected chi connectivity index (χ3v) is 5.40. The Morgan fingerprint density at radius 2 is 1.81 bits per heavy atom. The van der Waals surface area contributed by atoms with Crippen LogP contribution in [0.4, 0.5) is 11.4 Å². The van der Waals surface area contributed by atoms with Gasteiger partial charge in [0.25, 0.3) is 0 Å². The van der Waals surface area contributed by atoms with E-state index in [0.29, 0.717) is 36.1 Å². The standard InChI is InChI=1S/C23H25N3O5/c1-15-3-5-17(6-4-15)24-21(27)14-25(2)23(29)16-11-22(28)26(13-16)18-7-8-19-20(12-18)31-10-9-30-19/h3-8,12,16H,9-11,13-14H2,1-2H3,(H,24,27)/t16-/m0/s1. The number of ether oxygens (including phenoxy) is 2. The highest BCUT2D eigenvalue weighted by molar-refractivity contribution is 6.01. The summed E-state index contributed by atoms with van der Waals surface area (Å²) < 4.78 is 11.1. The van der Waals surface area contributed by atoms with Crippen molar-refractivity contribution in [3.63, 3.8) is 0 Å². The Morgan fingerprint density at radius 1 is 1.10 bits per heavy atom. The zero-order chi connectivity index (χ0) is 22.0. The van der Waals surface area contributed by atoms with Gasteiger partial charge in [-0.2, -0.15) is 0 Å². The Labute approximate surface area is 180 Å². The molecular formula is C23H25N3O5. The highest BCUT2D eigenvalue weighted by atomic mass is 16.6. The summed E-state index contributed by atoms with van der Waals surface area (Å²) in [5.41, 5.74) is 2.44. The number of rotatable bonds is 5. The molecular weight excluding hydrogens is 398 g/mol. The molecule has 8 heteroatoms. The molecule has 0 radical (unpaired) electrons.